The number of hydrogen-bond acceptors (Lipinski definition) is 4. The Morgan fingerprint density at radius 3 is 2.48 bits per heavy atom. The largest absolute Gasteiger partial charge is 0.490 e. The van der Waals surface area contributed by atoms with E-state index in [9.17, 15) is 17.6 Å². The SMILES string of the molecule is C=CCOc1ccc(C(=O)Nc2ccc(C)c(S(=O)(=O)Nc3ccccc3F)c2)cc1. The molecule has 0 atom stereocenters. The number of rotatable bonds is 8. The molecule has 1 amide bonds. The van der Waals surface area contributed by atoms with Crippen molar-refractivity contribution < 1.29 is 22.3 Å². The molecule has 3 aromatic rings. The summed E-state index contributed by atoms with van der Waals surface area (Å²) in [5.41, 5.74) is 0.956. The Morgan fingerprint density at radius 2 is 1.81 bits per heavy atom. The third-order valence-corrected chi connectivity index (χ3v) is 5.85. The number of benzene rings is 3. The van der Waals surface area contributed by atoms with Crippen molar-refractivity contribution in [2.75, 3.05) is 16.6 Å². The molecule has 0 saturated carbocycles. The van der Waals surface area contributed by atoms with E-state index in [4.69, 9.17) is 4.74 Å². The van der Waals surface area contributed by atoms with Gasteiger partial charge in [-0.1, -0.05) is 30.9 Å². The molecule has 0 heterocycles. The van der Waals surface area contributed by atoms with Gasteiger partial charge in [0.25, 0.3) is 15.9 Å². The standard InChI is InChI=1S/C23H21FN2O4S/c1-3-14-30-19-12-9-17(10-13-19)23(27)25-18-11-8-16(2)22(15-18)31(28,29)26-21-7-5-4-6-20(21)24/h3-13,15,26H,1,14H2,2H3,(H,25,27). The lowest BCUT2D eigenvalue weighted by Crippen LogP contribution is -2.17. The number of halogens is 1. The summed E-state index contributed by atoms with van der Waals surface area (Å²) in [5.74, 6) is -0.502. The van der Waals surface area contributed by atoms with Crippen molar-refractivity contribution in [3.8, 4) is 5.75 Å². The molecule has 6 nitrogen and oxygen atoms in total. The summed E-state index contributed by atoms with van der Waals surface area (Å²) in [4.78, 5) is 12.5. The summed E-state index contributed by atoms with van der Waals surface area (Å²) < 4.78 is 47.1. The van der Waals surface area contributed by atoms with Gasteiger partial charge in [-0.2, -0.15) is 0 Å². The van der Waals surface area contributed by atoms with Crippen LogP contribution >= 0.6 is 0 Å². The smallest absolute Gasteiger partial charge is 0.262 e. The van der Waals surface area contributed by atoms with E-state index >= 15 is 0 Å². The van der Waals surface area contributed by atoms with Gasteiger partial charge in [-0.25, -0.2) is 12.8 Å². The van der Waals surface area contributed by atoms with E-state index in [0.717, 1.165) is 6.07 Å². The molecule has 8 heteroatoms. The molecule has 2 N–H and O–H groups in total. The first-order chi connectivity index (χ1) is 14.8. The minimum Gasteiger partial charge on any atom is -0.490 e. The number of nitrogens with one attached hydrogen (secondary N) is 2. The lowest BCUT2D eigenvalue weighted by Gasteiger charge is -2.13. The predicted molar refractivity (Wildman–Crippen MR) is 118 cm³/mol. The molecule has 0 fully saturated rings. The Labute approximate surface area is 180 Å². The molecule has 0 spiro atoms. The monoisotopic (exact) mass is 440 g/mol. The van der Waals surface area contributed by atoms with Crippen LogP contribution in [0.4, 0.5) is 15.8 Å². The van der Waals surface area contributed by atoms with Gasteiger partial charge in [0.1, 0.15) is 18.2 Å². The second-order valence-electron chi connectivity index (χ2n) is 6.64. The third kappa shape index (κ3) is 5.49. The maximum atomic E-state index is 13.9. The fourth-order valence-corrected chi connectivity index (χ4v) is 4.11. The molecule has 0 aromatic heterocycles. The molecule has 0 radical (unpaired) electrons. The maximum absolute atomic E-state index is 13.9. The second-order valence-corrected chi connectivity index (χ2v) is 8.29. The zero-order valence-electron chi connectivity index (χ0n) is 16.8. The Kier molecular flexibility index (Phi) is 6.71. The normalized spacial score (nSPS) is 10.9. The summed E-state index contributed by atoms with van der Waals surface area (Å²) in [7, 11) is -4.07. The van der Waals surface area contributed by atoms with Crippen molar-refractivity contribution in [1.29, 1.82) is 0 Å². The average Bonchev–Trinajstić information content (AvgIpc) is 2.75. The number of anilines is 2. The average molecular weight is 440 g/mol. The van der Waals surface area contributed by atoms with Crippen LogP contribution < -0.4 is 14.8 Å². The summed E-state index contributed by atoms with van der Waals surface area (Å²) in [6, 6.07) is 16.5. The molecule has 0 saturated heterocycles. The van der Waals surface area contributed by atoms with Crippen LogP contribution in [0, 0.1) is 12.7 Å². The van der Waals surface area contributed by atoms with Gasteiger partial charge in [-0.3, -0.25) is 9.52 Å². The zero-order valence-corrected chi connectivity index (χ0v) is 17.6. The minimum atomic E-state index is -4.07. The quantitative estimate of drug-likeness (QED) is 0.495. The number of sulfonamides is 1. The van der Waals surface area contributed by atoms with Crippen molar-refractivity contribution in [1.82, 2.24) is 0 Å². The van der Waals surface area contributed by atoms with Crippen LogP contribution in [0.3, 0.4) is 0 Å². The summed E-state index contributed by atoms with van der Waals surface area (Å²) in [5, 5.41) is 2.67. The van der Waals surface area contributed by atoms with E-state index in [1.807, 2.05) is 0 Å². The van der Waals surface area contributed by atoms with Gasteiger partial charge < -0.3 is 10.1 Å². The number of amides is 1. The number of carbonyl (C=O) groups is 1. The summed E-state index contributed by atoms with van der Waals surface area (Å²) in [6.07, 6.45) is 1.62. The molecule has 3 rings (SSSR count). The van der Waals surface area contributed by atoms with Crippen LogP contribution in [-0.2, 0) is 10.0 Å². The summed E-state index contributed by atoms with van der Waals surface area (Å²) in [6.45, 7) is 5.54. The van der Waals surface area contributed by atoms with Crippen molar-refractivity contribution in [2.45, 2.75) is 11.8 Å². The Morgan fingerprint density at radius 1 is 1.10 bits per heavy atom. The second kappa shape index (κ2) is 9.44. The highest BCUT2D eigenvalue weighted by atomic mass is 32.2. The first-order valence-electron chi connectivity index (χ1n) is 9.33. The lowest BCUT2D eigenvalue weighted by atomic mass is 10.2. The van der Waals surface area contributed by atoms with E-state index in [1.165, 1.54) is 24.3 Å². The molecular formula is C23H21FN2O4S. The fraction of sp³-hybridized carbons (Fsp3) is 0.0870. The molecule has 3 aromatic carbocycles. The van der Waals surface area contributed by atoms with Gasteiger partial charge in [-0.05, 0) is 61.0 Å². The van der Waals surface area contributed by atoms with Crippen molar-refractivity contribution in [3.63, 3.8) is 0 Å². The number of aryl methyl sites for hydroxylation is 1. The molecule has 0 unspecified atom stereocenters. The molecule has 0 aliphatic heterocycles. The third-order valence-electron chi connectivity index (χ3n) is 4.34. The fourth-order valence-electron chi connectivity index (χ4n) is 2.77. The van der Waals surface area contributed by atoms with Crippen molar-refractivity contribution in [3.05, 3.63) is 96.3 Å². The predicted octanol–water partition coefficient (Wildman–Crippen LogP) is 4.75. The molecule has 31 heavy (non-hydrogen) atoms. The lowest BCUT2D eigenvalue weighted by molar-refractivity contribution is 0.102. The van der Waals surface area contributed by atoms with E-state index in [-0.39, 0.29) is 16.3 Å². The van der Waals surface area contributed by atoms with Crippen LogP contribution in [0.25, 0.3) is 0 Å². The first-order valence-corrected chi connectivity index (χ1v) is 10.8. The van der Waals surface area contributed by atoms with E-state index in [1.54, 1.807) is 49.4 Å². The van der Waals surface area contributed by atoms with Gasteiger partial charge in [0.2, 0.25) is 0 Å². The first kappa shape index (κ1) is 22.0. The van der Waals surface area contributed by atoms with E-state index in [2.05, 4.69) is 16.6 Å². The number of ether oxygens (including phenoxy) is 1. The number of carbonyl (C=O) groups excluding carboxylic acids is 1. The molecular weight excluding hydrogens is 419 g/mol. The van der Waals surface area contributed by atoms with Gasteiger partial charge in [0, 0.05) is 11.3 Å². The van der Waals surface area contributed by atoms with E-state index < -0.39 is 21.7 Å². The topological polar surface area (TPSA) is 84.5 Å². The van der Waals surface area contributed by atoms with Gasteiger partial charge in [0.15, 0.2) is 0 Å². The Hall–Kier alpha value is -3.65. The number of para-hydroxylation sites is 1. The zero-order chi connectivity index (χ0) is 22.4. The number of hydrogen-bond donors (Lipinski definition) is 2. The van der Waals surface area contributed by atoms with Gasteiger partial charge >= 0.3 is 0 Å². The highest BCUT2D eigenvalue weighted by molar-refractivity contribution is 7.92. The van der Waals surface area contributed by atoms with E-state index in [0.29, 0.717) is 23.5 Å². The highest BCUT2D eigenvalue weighted by Gasteiger charge is 2.20. The highest BCUT2D eigenvalue weighted by Crippen LogP contribution is 2.24. The van der Waals surface area contributed by atoms with Gasteiger partial charge in [0.05, 0.1) is 10.6 Å². The molecule has 0 aliphatic rings. The molecule has 160 valence electrons. The molecule has 0 aliphatic carbocycles. The Balaban J connectivity index is 1.79. The van der Waals surface area contributed by atoms with Crippen LogP contribution in [0.15, 0.2) is 84.3 Å². The van der Waals surface area contributed by atoms with Crippen LogP contribution in [-0.4, -0.2) is 20.9 Å². The van der Waals surface area contributed by atoms with Crippen LogP contribution in [0.5, 0.6) is 5.75 Å². The summed E-state index contributed by atoms with van der Waals surface area (Å²) >= 11 is 0. The minimum absolute atomic E-state index is 0.0678. The maximum Gasteiger partial charge on any atom is 0.262 e. The van der Waals surface area contributed by atoms with Crippen molar-refractivity contribution in [2.24, 2.45) is 0 Å². The van der Waals surface area contributed by atoms with Gasteiger partial charge in [-0.15, -0.1) is 0 Å². The van der Waals surface area contributed by atoms with Crippen molar-refractivity contribution >= 4 is 27.3 Å². The van der Waals surface area contributed by atoms with Crippen LogP contribution in [0.1, 0.15) is 15.9 Å². The molecule has 0 bridgehead atoms. The Bertz CT molecular complexity index is 1210. The van der Waals surface area contributed by atoms with Crippen LogP contribution in [0.2, 0.25) is 0 Å².